The molecule has 2 rings (SSSR count). The first-order chi connectivity index (χ1) is 12.4. The molecular weight excluding hydrogens is 393 g/mol. The Kier molecular flexibility index (Phi) is 5.40. The minimum atomic E-state index is -4.84. The molecule has 2 aromatic carbocycles. The molecule has 27 heavy (non-hydrogen) atoms. The Morgan fingerprint density at radius 3 is 2.33 bits per heavy atom. The SMILES string of the molecule is O=C(O)CN(c1cccc(C(F)(F)F)c1)S(=O)(=O)c1ccccc1[N+](=O)[O-]. The molecule has 0 bridgehead atoms. The number of nitro groups is 1. The van der Waals surface area contributed by atoms with E-state index in [2.05, 4.69) is 0 Å². The number of nitrogens with zero attached hydrogens (tertiary/aromatic N) is 2. The van der Waals surface area contributed by atoms with E-state index in [9.17, 15) is 36.5 Å². The van der Waals surface area contributed by atoms with Gasteiger partial charge in [0.05, 0.1) is 16.2 Å². The number of carbonyl (C=O) groups is 1. The maximum atomic E-state index is 12.9. The van der Waals surface area contributed by atoms with Gasteiger partial charge in [0.1, 0.15) is 6.54 Å². The van der Waals surface area contributed by atoms with E-state index in [1.807, 2.05) is 0 Å². The van der Waals surface area contributed by atoms with Crippen LogP contribution in [0.3, 0.4) is 0 Å². The number of anilines is 1. The van der Waals surface area contributed by atoms with Gasteiger partial charge in [-0.2, -0.15) is 13.2 Å². The van der Waals surface area contributed by atoms with Crippen molar-refractivity contribution in [2.45, 2.75) is 11.1 Å². The molecule has 0 heterocycles. The van der Waals surface area contributed by atoms with Crippen LogP contribution in [-0.4, -0.2) is 31.0 Å². The standard InChI is InChI=1S/C15H11F3N2O6S/c16-15(17,18)10-4-3-5-11(8-10)19(9-14(21)22)27(25,26)13-7-2-1-6-12(13)20(23)24/h1-8H,9H2,(H,21,22). The highest BCUT2D eigenvalue weighted by atomic mass is 32.2. The summed E-state index contributed by atoms with van der Waals surface area (Å²) in [5, 5.41) is 20.1. The summed E-state index contributed by atoms with van der Waals surface area (Å²) in [7, 11) is -4.84. The molecule has 0 aliphatic heterocycles. The molecular formula is C15H11F3N2O6S. The first-order valence-corrected chi connectivity index (χ1v) is 8.54. The van der Waals surface area contributed by atoms with E-state index in [1.54, 1.807) is 0 Å². The molecule has 0 aromatic heterocycles. The highest BCUT2D eigenvalue weighted by molar-refractivity contribution is 7.93. The summed E-state index contributed by atoms with van der Waals surface area (Å²) in [6.45, 7) is -1.23. The Bertz CT molecular complexity index is 991. The summed E-state index contributed by atoms with van der Waals surface area (Å²) in [4.78, 5) is 20.4. The Morgan fingerprint density at radius 1 is 1.15 bits per heavy atom. The van der Waals surface area contributed by atoms with Gasteiger partial charge in [0.25, 0.3) is 15.7 Å². The van der Waals surface area contributed by atoms with Crippen molar-refractivity contribution in [3.63, 3.8) is 0 Å². The highest BCUT2D eigenvalue weighted by Gasteiger charge is 2.35. The van der Waals surface area contributed by atoms with Crippen molar-refractivity contribution >= 4 is 27.4 Å². The maximum absolute atomic E-state index is 12.9. The van der Waals surface area contributed by atoms with E-state index in [1.165, 1.54) is 12.1 Å². The number of hydrogen-bond acceptors (Lipinski definition) is 5. The number of rotatable bonds is 6. The van der Waals surface area contributed by atoms with Crippen molar-refractivity contribution in [3.05, 3.63) is 64.2 Å². The molecule has 0 spiro atoms. The lowest BCUT2D eigenvalue weighted by molar-refractivity contribution is -0.387. The van der Waals surface area contributed by atoms with Crippen molar-refractivity contribution in [3.8, 4) is 0 Å². The Balaban J connectivity index is 2.68. The third kappa shape index (κ3) is 4.34. The van der Waals surface area contributed by atoms with Crippen LogP contribution in [0.5, 0.6) is 0 Å². The smallest absolute Gasteiger partial charge is 0.416 e. The van der Waals surface area contributed by atoms with Crippen LogP contribution in [0, 0.1) is 10.1 Å². The largest absolute Gasteiger partial charge is 0.480 e. The van der Waals surface area contributed by atoms with E-state index in [4.69, 9.17) is 5.11 Å². The molecule has 0 unspecified atom stereocenters. The van der Waals surface area contributed by atoms with Crippen molar-refractivity contribution in [1.82, 2.24) is 0 Å². The molecule has 0 fully saturated rings. The summed E-state index contributed by atoms with van der Waals surface area (Å²) in [5.74, 6) is -1.66. The van der Waals surface area contributed by atoms with Crippen LogP contribution in [0.2, 0.25) is 0 Å². The molecule has 0 saturated carbocycles. The van der Waals surface area contributed by atoms with Crippen LogP contribution in [0.4, 0.5) is 24.5 Å². The lowest BCUT2D eigenvalue weighted by atomic mass is 10.2. The van der Waals surface area contributed by atoms with Gasteiger partial charge in [0.15, 0.2) is 4.90 Å². The van der Waals surface area contributed by atoms with Gasteiger partial charge >= 0.3 is 12.1 Å². The van der Waals surface area contributed by atoms with Crippen molar-refractivity contribution in [2.24, 2.45) is 0 Å². The molecule has 8 nitrogen and oxygen atoms in total. The van der Waals surface area contributed by atoms with Crippen LogP contribution < -0.4 is 4.31 Å². The zero-order chi connectivity index (χ0) is 20.4. The topological polar surface area (TPSA) is 118 Å². The van der Waals surface area contributed by atoms with E-state index < -0.39 is 55.5 Å². The fraction of sp³-hybridized carbons (Fsp3) is 0.133. The van der Waals surface area contributed by atoms with E-state index >= 15 is 0 Å². The molecule has 144 valence electrons. The number of halogens is 3. The summed E-state index contributed by atoms with van der Waals surface area (Å²) in [5.41, 5.74) is -2.63. The number of aliphatic carboxylic acids is 1. The zero-order valence-electron chi connectivity index (χ0n) is 13.3. The van der Waals surface area contributed by atoms with Crippen molar-refractivity contribution in [2.75, 3.05) is 10.8 Å². The van der Waals surface area contributed by atoms with Crippen LogP contribution in [0.1, 0.15) is 5.56 Å². The van der Waals surface area contributed by atoms with Gasteiger partial charge in [-0.05, 0) is 24.3 Å². The molecule has 0 atom stereocenters. The number of alkyl halides is 3. The number of para-hydroxylation sites is 1. The fourth-order valence-electron chi connectivity index (χ4n) is 2.22. The summed E-state index contributed by atoms with van der Waals surface area (Å²) in [6, 6.07) is 7.13. The Morgan fingerprint density at radius 2 is 1.78 bits per heavy atom. The lowest BCUT2D eigenvalue weighted by Crippen LogP contribution is -2.36. The second-order valence-corrected chi connectivity index (χ2v) is 7.01. The predicted octanol–water partition coefficient (Wildman–Crippen LogP) is 2.89. The summed E-state index contributed by atoms with van der Waals surface area (Å²) >= 11 is 0. The monoisotopic (exact) mass is 404 g/mol. The maximum Gasteiger partial charge on any atom is 0.416 e. The third-order valence-corrected chi connectivity index (χ3v) is 5.19. The first-order valence-electron chi connectivity index (χ1n) is 7.10. The van der Waals surface area contributed by atoms with Gasteiger partial charge < -0.3 is 5.11 Å². The quantitative estimate of drug-likeness (QED) is 0.584. The normalized spacial score (nSPS) is 11.8. The van der Waals surface area contributed by atoms with Gasteiger partial charge in [-0.25, -0.2) is 8.42 Å². The number of carboxylic acids is 1. The van der Waals surface area contributed by atoms with Crippen molar-refractivity contribution in [1.29, 1.82) is 0 Å². The van der Waals surface area contributed by atoms with Crippen LogP contribution >= 0.6 is 0 Å². The molecule has 0 amide bonds. The third-order valence-electron chi connectivity index (χ3n) is 3.37. The molecule has 0 aliphatic rings. The molecule has 2 aromatic rings. The van der Waals surface area contributed by atoms with E-state index in [0.29, 0.717) is 12.1 Å². The summed E-state index contributed by atoms with van der Waals surface area (Å²) < 4.78 is 64.6. The Labute approximate surface area is 150 Å². The zero-order valence-corrected chi connectivity index (χ0v) is 14.1. The molecule has 1 N–H and O–H groups in total. The number of hydrogen-bond donors (Lipinski definition) is 1. The fourth-order valence-corrected chi connectivity index (χ4v) is 3.79. The number of nitro benzene ring substituents is 1. The molecule has 0 saturated heterocycles. The van der Waals surface area contributed by atoms with Crippen LogP contribution in [0.15, 0.2) is 53.4 Å². The van der Waals surface area contributed by atoms with Gasteiger partial charge in [-0.15, -0.1) is 0 Å². The average molecular weight is 404 g/mol. The second-order valence-electron chi connectivity index (χ2n) is 5.18. The minimum Gasteiger partial charge on any atom is -0.480 e. The molecule has 0 radical (unpaired) electrons. The summed E-state index contributed by atoms with van der Waals surface area (Å²) in [6.07, 6.45) is -4.80. The number of sulfonamides is 1. The molecule has 0 aliphatic carbocycles. The average Bonchev–Trinajstić information content (AvgIpc) is 2.58. The van der Waals surface area contributed by atoms with Gasteiger partial charge in [0, 0.05) is 6.07 Å². The first kappa shape index (κ1) is 20.2. The van der Waals surface area contributed by atoms with E-state index in [0.717, 1.165) is 24.3 Å². The van der Waals surface area contributed by atoms with Crippen molar-refractivity contribution < 1.29 is 36.4 Å². The van der Waals surface area contributed by atoms with Crippen LogP contribution in [-0.2, 0) is 21.0 Å². The van der Waals surface area contributed by atoms with E-state index in [-0.39, 0.29) is 4.31 Å². The van der Waals surface area contributed by atoms with Crippen LogP contribution in [0.25, 0.3) is 0 Å². The Hall–Kier alpha value is -3.15. The lowest BCUT2D eigenvalue weighted by Gasteiger charge is -2.23. The van der Waals surface area contributed by atoms with Gasteiger partial charge in [-0.3, -0.25) is 19.2 Å². The minimum absolute atomic E-state index is 0.174. The second kappa shape index (κ2) is 7.23. The number of carboxylic acid groups (broad SMARTS) is 1. The highest BCUT2D eigenvalue weighted by Crippen LogP contribution is 2.34. The van der Waals surface area contributed by atoms with Gasteiger partial charge in [0.2, 0.25) is 0 Å². The van der Waals surface area contributed by atoms with Gasteiger partial charge in [-0.1, -0.05) is 18.2 Å². The number of benzene rings is 2. The predicted molar refractivity (Wildman–Crippen MR) is 86.7 cm³/mol. The molecule has 12 heteroatoms.